The van der Waals surface area contributed by atoms with Crippen molar-refractivity contribution in [3.8, 4) is 11.1 Å². The van der Waals surface area contributed by atoms with Gasteiger partial charge in [0.1, 0.15) is 6.54 Å². The Morgan fingerprint density at radius 3 is 2.06 bits per heavy atom. The van der Waals surface area contributed by atoms with Crippen molar-refractivity contribution >= 4 is 34.2 Å². The molecule has 0 aliphatic heterocycles. The average Bonchev–Trinajstić information content (AvgIpc) is 3.08. The van der Waals surface area contributed by atoms with Crippen LogP contribution in [-0.2, 0) is 15.7 Å². The molecule has 0 spiro atoms. The van der Waals surface area contributed by atoms with Crippen molar-refractivity contribution in [3.05, 3.63) is 138 Å². The molecule has 6 nitrogen and oxygen atoms in total. The highest BCUT2D eigenvalue weighted by Gasteiger charge is 2.31. The summed E-state index contributed by atoms with van der Waals surface area (Å²) < 4.78 is 83.0. The highest BCUT2D eigenvalue weighted by atomic mass is 19.4. The van der Waals surface area contributed by atoms with Gasteiger partial charge in [-0.1, -0.05) is 72.8 Å². The van der Waals surface area contributed by atoms with Gasteiger partial charge in [0.05, 0.1) is 23.7 Å². The number of nitrogens with one attached hydrogen (secondary N) is 2. The van der Waals surface area contributed by atoms with E-state index in [0.717, 1.165) is 17.5 Å². The fraction of sp³-hybridized carbons (Fsp3) is 0.162. The molecule has 2 amide bonds. The molecule has 0 aromatic heterocycles. The van der Waals surface area contributed by atoms with E-state index >= 15 is 0 Å². The summed E-state index contributed by atoms with van der Waals surface area (Å²) >= 11 is 0. The number of halogens is 6. The van der Waals surface area contributed by atoms with E-state index in [1.165, 1.54) is 42.5 Å². The summed E-state index contributed by atoms with van der Waals surface area (Å²) in [6, 6.07) is 28.9. The van der Waals surface area contributed by atoms with Crippen LogP contribution in [0.2, 0.25) is 0 Å². The number of carbonyl (C=O) groups is 3. The van der Waals surface area contributed by atoms with Crippen LogP contribution in [0.15, 0.2) is 115 Å². The van der Waals surface area contributed by atoms with Crippen molar-refractivity contribution in [3.63, 3.8) is 0 Å². The van der Waals surface area contributed by atoms with Gasteiger partial charge in [-0.2, -0.15) is 26.3 Å². The molecule has 0 heterocycles. The average molecular weight is 679 g/mol. The Morgan fingerprint density at radius 2 is 1.37 bits per heavy atom. The number of fused-ring (bicyclic) bond motifs is 1. The van der Waals surface area contributed by atoms with Gasteiger partial charge in [0.2, 0.25) is 5.91 Å². The zero-order valence-corrected chi connectivity index (χ0v) is 25.6. The molecule has 5 aromatic carbocycles. The Balaban J connectivity index is 1.23. The van der Waals surface area contributed by atoms with E-state index in [1.54, 1.807) is 48.5 Å². The first-order valence-electron chi connectivity index (χ1n) is 15.0. The second kappa shape index (κ2) is 14.6. The lowest BCUT2D eigenvalue weighted by molar-refractivity contribution is -0.139. The lowest BCUT2D eigenvalue weighted by Crippen LogP contribution is -2.37. The predicted molar refractivity (Wildman–Crippen MR) is 172 cm³/mol. The number of amides is 2. The molecule has 0 fully saturated rings. The maximum Gasteiger partial charge on any atom is 0.416 e. The van der Waals surface area contributed by atoms with E-state index in [0.29, 0.717) is 27.8 Å². The monoisotopic (exact) mass is 678 g/mol. The number of hydrogen-bond donors (Lipinski definition) is 2. The van der Waals surface area contributed by atoms with E-state index < -0.39 is 48.2 Å². The van der Waals surface area contributed by atoms with Gasteiger partial charge in [-0.3, -0.25) is 9.59 Å². The van der Waals surface area contributed by atoms with Crippen LogP contribution in [-0.4, -0.2) is 37.1 Å². The normalized spacial score (nSPS) is 12.3. The van der Waals surface area contributed by atoms with Gasteiger partial charge in [0, 0.05) is 11.3 Å². The molecule has 1 unspecified atom stereocenters. The lowest BCUT2D eigenvalue weighted by atomic mass is 9.90. The quantitative estimate of drug-likeness (QED) is 0.114. The third-order valence-corrected chi connectivity index (χ3v) is 7.69. The molecule has 0 radical (unpaired) electrons. The summed E-state index contributed by atoms with van der Waals surface area (Å²) in [6.45, 7) is -1.78. The fourth-order valence-electron chi connectivity index (χ4n) is 5.31. The van der Waals surface area contributed by atoms with Crippen molar-refractivity contribution in [2.45, 2.75) is 24.7 Å². The topological polar surface area (TPSA) is 84.5 Å². The molecule has 1 atom stereocenters. The second-order valence-electron chi connectivity index (χ2n) is 11.0. The Bertz CT molecular complexity index is 1950. The summed E-state index contributed by atoms with van der Waals surface area (Å²) in [7, 11) is 0. The Labute approximate surface area is 276 Å². The summed E-state index contributed by atoms with van der Waals surface area (Å²) in [5.41, 5.74) is 1.17. The van der Waals surface area contributed by atoms with Crippen LogP contribution in [0.4, 0.5) is 32.0 Å². The van der Waals surface area contributed by atoms with Crippen molar-refractivity contribution in [1.29, 1.82) is 0 Å². The maximum atomic E-state index is 13.1. The minimum absolute atomic E-state index is 0.0874. The number of alkyl halides is 6. The van der Waals surface area contributed by atoms with Crippen LogP contribution in [0, 0.1) is 0 Å². The number of benzene rings is 5. The third-order valence-electron chi connectivity index (χ3n) is 7.69. The molecule has 252 valence electrons. The van der Waals surface area contributed by atoms with Crippen LogP contribution in [0.1, 0.15) is 44.2 Å². The molecular formula is C37H28F6N2O4. The molecule has 0 saturated heterocycles. The number of esters is 1. The number of hydrogen-bond acceptors (Lipinski definition) is 4. The van der Waals surface area contributed by atoms with Crippen LogP contribution in [0.3, 0.4) is 0 Å². The van der Waals surface area contributed by atoms with Crippen LogP contribution >= 0.6 is 0 Å². The smallest absolute Gasteiger partial charge is 0.416 e. The zero-order valence-electron chi connectivity index (χ0n) is 25.6. The molecule has 49 heavy (non-hydrogen) atoms. The van der Waals surface area contributed by atoms with Gasteiger partial charge in [-0.25, -0.2) is 4.79 Å². The van der Waals surface area contributed by atoms with Gasteiger partial charge in [0.25, 0.3) is 5.91 Å². The first-order valence-corrected chi connectivity index (χ1v) is 15.0. The van der Waals surface area contributed by atoms with E-state index in [1.807, 2.05) is 17.4 Å². The summed E-state index contributed by atoms with van der Waals surface area (Å²) in [5.74, 6) is -3.18. The Morgan fingerprint density at radius 1 is 0.714 bits per heavy atom. The van der Waals surface area contributed by atoms with Gasteiger partial charge < -0.3 is 15.4 Å². The minimum Gasteiger partial charge on any atom is -0.462 e. The molecule has 0 saturated carbocycles. The second-order valence-corrected chi connectivity index (χ2v) is 11.0. The maximum absolute atomic E-state index is 13.1. The summed E-state index contributed by atoms with van der Waals surface area (Å²) in [4.78, 5) is 38.9. The Hall–Kier alpha value is -5.65. The van der Waals surface area contributed by atoms with Crippen molar-refractivity contribution in [1.82, 2.24) is 5.32 Å². The van der Waals surface area contributed by atoms with E-state index in [4.69, 9.17) is 4.74 Å². The van der Waals surface area contributed by atoms with Crippen LogP contribution < -0.4 is 10.6 Å². The SMILES string of the molecule is O=C(OCCC(C(=O)NCC(F)(F)F)c1cccc2ccccc12)c1ccc(NC(=O)c2ccccc2-c2ccc(C(F)(F)F)cc2)cc1. The molecule has 12 heteroatoms. The summed E-state index contributed by atoms with van der Waals surface area (Å²) in [6.07, 6.45) is -9.19. The van der Waals surface area contributed by atoms with E-state index in [9.17, 15) is 40.7 Å². The molecule has 0 aliphatic rings. The molecule has 5 aromatic rings. The van der Waals surface area contributed by atoms with Gasteiger partial charge in [-0.15, -0.1) is 0 Å². The number of anilines is 1. The molecule has 0 aliphatic carbocycles. The summed E-state index contributed by atoms with van der Waals surface area (Å²) in [5, 5.41) is 6.11. The first-order chi connectivity index (χ1) is 23.3. The Kier molecular flexibility index (Phi) is 10.4. The number of ether oxygens (including phenoxy) is 1. The van der Waals surface area contributed by atoms with Crippen molar-refractivity contribution in [2.24, 2.45) is 0 Å². The largest absolute Gasteiger partial charge is 0.462 e. The molecule has 2 N–H and O–H groups in total. The molecular weight excluding hydrogens is 650 g/mol. The van der Waals surface area contributed by atoms with Gasteiger partial charge in [-0.05, 0) is 76.3 Å². The number of carbonyl (C=O) groups excluding carboxylic acids is 3. The highest BCUT2D eigenvalue weighted by molar-refractivity contribution is 6.09. The lowest BCUT2D eigenvalue weighted by Gasteiger charge is -2.20. The number of rotatable bonds is 10. The predicted octanol–water partition coefficient (Wildman–Crippen LogP) is 8.79. The zero-order chi connectivity index (χ0) is 35.2. The molecule has 5 rings (SSSR count). The van der Waals surface area contributed by atoms with Crippen molar-refractivity contribution < 1.29 is 45.5 Å². The fourth-order valence-corrected chi connectivity index (χ4v) is 5.31. The van der Waals surface area contributed by atoms with Gasteiger partial charge in [0.15, 0.2) is 0 Å². The third kappa shape index (κ3) is 8.83. The van der Waals surface area contributed by atoms with Gasteiger partial charge >= 0.3 is 18.3 Å². The highest BCUT2D eigenvalue weighted by Crippen LogP contribution is 2.32. The van der Waals surface area contributed by atoms with Crippen LogP contribution in [0.25, 0.3) is 21.9 Å². The first kappa shape index (κ1) is 34.7. The van der Waals surface area contributed by atoms with Crippen LogP contribution in [0.5, 0.6) is 0 Å². The van der Waals surface area contributed by atoms with E-state index in [-0.39, 0.29) is 24.2 Å². The van der Waals surface area contributed by atoms with E-state index in [2.05, 4.69) is 5.32 Å². The standard InChI is InChI=1S/C37H28F6N2O4/c38-36(39,40)22-44-33(46)32(30-11-5-7-23-6-1-2-8-28(23)30)20-21-49-35(48)25-14-18-27(19-15-25)45-34(47)31-10-4-3-9-29(31)24-12-16-26(17-13-24)37(41,42)43/h1-19,32H,20-22H2,(H,44,46)(H,45,47). The minimum atomic E-state index is -4.60. The molecule has 0 bridgehead atoms. The van der Waals surface area contributed by atoms with Crippen molar-refractivity contribution in [2.75, 3.05) is 18.5 Å².